The number of hydrogen-bond acceptors (Lipinski definition) is 4. The normalized spacial score (nSPS) is 13.4. The molecule has 112 valence electrons. The first-order valence-corrected chi connectivity index (χ1v) is 7.91. The van der Waals surface area contributed by atoms with Crippen molar-refractivity contribution in [1.82, 2.24) is 0 Å². The molecule has 0 bridgehead atoms. The van der Waals surface area contributed by atoms with Crippen LogP contribution in [0.3, 0.4) is 0 Å². The minimum atomic E-state index is -0.441. The molecule has 0 spiro atoms. The third-order valence-corrected chi connectivity index (χ3v) is 4.55. The molecule has 3 rings (SSSR count). The molecule has 1 amide bonds. The zero-order valence-corrected chi connectivity index (χ0v) is 12.9. The van der Waals surface area contributed by atoms with Crippen molar-refractivity contribution in [2.24, 2.45) is 0 Å². The lowest BCUT2D eigenvalue weighted by atomic mass is 10.1. The van der Waals surface area contributed by atoms with Gasteiger partial charge in [-0.05, 0) is 30.3 Å². The van der Waals surface area contributed by atoms with Crippen LogP contribution in [0.5, 0.6) is 0 Å². The van der Waals surface area contributed by atoms with E-state index in [1.807, 2.05) is 24.3 Å². The summed E-state index contributed by atoms with van der Waals surface area (Å²) in [5.41, 5.74) is 1.80. The van der Waals surface area contributed by atoms with E-state index < -0.39 is 5.97 Å². The monoisotopic (exact) mass is 313 g/mol. The highest BCUT2D eigenvalue weighted by molar-refractivity contribution is 7.99. The average molecular weight is 313 g/mol. The summed E-state index contributed by atoms with van der Waals surface area (Å²) in [6.45, 7) is 0.656. The number of ether oxygens (including phenoxy) is 1. The first-order chi connectivity index (χ1) is 10.7. The van der Waals surface area contributed by atoms with Gasteiger partial charge in [-0.15, -0.1) is 11.8 Å². The van der Waals surface area contributed by atoms with E-state index in [1.54, 1.807) is 40.9 Å². The number of carbonyl (C=O) groups is 2. The number of rotatable bonds is 2. The predicted molar refractivity (Wildman–Crippen MR) is 86.6 cm³/mol. The van der Waals surface area contributed by atoms with Crippen LogP contribution in [0.4, 0.5) is 5.69 Å². The molecule has 0 saturated carbocycles. The van der Waals surface area contributed by atoms with Gasteiger partial charge in [0.1, 0.15) is 0 Å². The highest BCUT2D eigenvalue weighted by Gasteiger charge is 2.24. The van der Waals surface area contributed by atoms with E-state index in [1.165, 1.54) is 7.11 Å². The van der Waals surface area contributed by atoms with Crippen LogP contribution in [-0.2, 0) is 4.74 Å². The van der Waals surface area contributed by atoms with Gasteiger partial charge in [-0.1, -0.05) is 18.2 Å². The summed E-state index contributed by atoms with van der Waals surface area (Å²) in [4.78, 5) is 27.3. The van der Waals surface area contributed by atoms with Crippen molar-refractivity contribution in [2.75, 3.05) is 24.3 Å². The molecule has 2 aromatic carbocycles. The fraction of sp³-hybridized carbons (Fsp3) is 0.176. The van der Waals surface area contributed by atoms with Gasteiger partial charge in [0, 0.05) is 22.8 Å². The maximum Gasteiger partial charge on any atom is 0.337 e. The Morgan fingerprint density at radius 1 is 1.09 bits per heavy atom. The molecule has 0 aromatic heterocycles. The van der Waals surface area contributed by atoms with E-state index >= 15 is 0 Å². The molecular weight excluding hydrogens is 298 g/mol. The summed E-state index contributed by atoms with van der Waals surface area (Å²) in [5, 5.41) is 0. The van der Waals surface area contributed by atoms with Crippen molar-refractivity contribution < 1.29 is 14.3 Å². The Morgan fingerprint density at radius 2 is 1.86 bits per heavy atom. The molecular formula is C17H15NO3S. The summed E-state index contributed by atoms with van der Waals surface area (Å²) in [6.07, 6.45) is 0. The second-order valence-corrected chi connectivity index (χ2v) is 5.98. The summed E-state index contributed by atoms with van der Waals surface area (Å²) < 4.78 is 4.71. The molecule has 0 unspecified atom stereocenters. The summed E-state index contributed by atoms with van der Waals surface area (Å²) in [5.74, 6) is 0.321. The Balaban J connectivity index is 1.94. The summed E-state index contributed by atoms with van der Waals surface area (Å²) in [7, 11) is 1.33. The number of esters is 1. The van der Waals surface area contributed by atoms with E-state index in [0.717, 1.165) is 16.3 Å². The molecule has 0 radical (unpaired) electrons. The van der Waals surface area contributed by atoms with Gasteiger partial charge in [-0.25, -0.2) is 4.79 Å². The van der Waals surface area contributed by atoms with Crippen LogP contribution in [0, 0.1) is 0 Å². The number of nitrogens with zero attached hydrogens (tertiary/aromatic N) is 1. The molecule has 0 saturated heterocycles. The highest BCUT2D eigenvalue weighted by Crippen LogP contribution is 2.35. The Hall–Kier alpha value is -2.27. The quantitative estimate of drug-likeness (QED) is 0.799. The van der Waals surface area contributed by atoms with Gasteiger partial charge in [-0.2, -0.15) is 0 Å². The maximum atomic E-state index is 12.8. The lowest BCUT2D eigenvalue weighted by Crippen LogP contribution is -2.35. The standard InChI is InChI=1S/C17H15NO3S/c1-21-17(20)13-6-4-5-12(11-13)16(19)18-9-10-22-15-8-3-2-7-14(15)18/h2-8,11H,9-10H2,1H3. The van der Waals surface area contributed by atoms with Crippen LogP contribution in [0.15, 0.2) is 53.4 Å². The van der Waals surface area contributed by atoms with Crippen molar-refractivity contribution >= 4 is 29.3 Å². The lowest BCUT2D eigenvalue weighted by Gasteiger charge is -2.29. The van der Waals surface area contributed by atoms with Gasteiger partial charge >= 0.3 is 5.97 Å². The molecule has 0 fully saturated rings. The van der Waals surface area contributed by atoms with Crippen LogP contribution < -0.4 is 4.90 Å². The predicted octanol–water partition coefficient (Wildman–Crippen LogP) is 3.23. The van der Waals surface area contributed by atoms with Gasteiger partial charge in [0.25, 0.3) is 5.91 Å². The number of thioether (sulfide) groups is 1. The smallest absolute Gasteiger partial charge is 0.337 e. The second-order valence-electron chi connectivity index (χ2n) is 4.85. The third kappa shape index (κ3) is 2.72. The Kier molecular flexibility index (Phi) is 4.15. The van der Waals surface area contributed by atoms with Crippen LogP contribution in [0.2, 0.25) is 0 Å². The van der Waals surface area contributed by atoms with Crippen LogP contribution in [-0.4, -0.2) is 31.3 Å². The Bertz CT molecular complexity index is 729. The molecule has 0 atom stereocenters. The van der Waals surface area contributed by atoms with Gasteiger partial charge in [0.05, 0.1) is 18.4 Å². The zero-order valence-electron chi connectivity index (χ0n) is 12.1. The van der Waals surface area contributed by atoms with Gasteiger partial charge in [0.2, 0.25) is 0 Å². The van der Waals surface area contributed by atoms with Crippen molar-refractivity contribution in [3.8, 4) is 0 Å². The number of fused-ring (bicyclic) bond motifs is 1. The van der Waals surface area contributed by atoms with Crippen LogP contribution in [0.25, 0.3) is 0 Å². The molecule has 4 nitrogen and oxygen atoms in total. The minimum Gasteiger partial charge on any atom is -0.465 e. The molecule has 1 aliphatic heterocycles. The Morgan fingerprint density at radius 3 is 2.68 bits per heavy atom. The topological polar surface area (TPSA) is 46.6 Å². The number of hydrogen-bond donors (Lipinski definition) is 0. The first kappa shape index (κ1) is 14.7. The van der Waals surface area contributed by atoms with Crippen molar-refractivity contribution in [2.45, 2.75) is 4.90 Å². The number of anilines is 1. The number of amides is 1. The van der Waals surface area contributed by atoms with Crippen molar-refractivity contribution in [1.29, 1.82) is 0 Å². The molecule has 1 aliphatic rings. The van der Waals surface area contributed by atoms with Crippen molar-refractivity contribution in [3.63, 3.8) is 0 Å². The molecule has 5 heteroatoms. The SMILES string of the molecule is COC(=O)c1cccc(C(=O)N2CCSc3ccccc32)c1. The number of carbonyl (C=O) groups excluding carboxylic acids is 2. The van der Waals surface area contributed by atoms with E-state index in [0.29, 0.717) is 17.7 Å². The first-order valence-electron chi connectivity index (χ1n) is 6.93. The Labute approximate surface area is 133 Å². The van der Waals surface area contributed by atoms with Crippen LogP contribution >= 0.6 is 11.8 Å². The fourth-order valence-corrected chi connectivity index (χ4v) is 3.43. The van der Waals surface area contributed by atoms with E-state index in [-0.39, 0.29) is 5.91 Å². The van der Waals surface area contributed by atoms with E-state index in [9.17, 15) is 9.59 Å². The second kappa shape index (κ2) is 6.23. The zero-order chi connectivity index (χ0) is 15.5. The maximum absolute atomic E-state index is 12.8. The van der Waals surface area contributed by atoms with E-state index in [4.69, 9.17) is 4.74 Å². The molecule has 1 heterocycles. The summed E-state index contributed by atoms with van der Waals surface area (Å²) >= 11 is 1.75. The lowest BCUT2D eigenvalue weighted by molar-refractivity contribution is 0.0600. The molecule has 2 aromatic rings. The molecule has 0 aliphatic carbocycles. The molecule has 22 heavy (non-hydrogen) atoms. The van der Waals surface area contributed by atoms with Gasteiger partial charge in [-0.3, -0.25) is 4.79 Å². The summed E-state index contributed by atoms with van der Waals surface area (Å²) in [6, 6.07) is 14.5. The minimum absolute atomic E-state index is 0.0986. The average Bonchev–Trinajstić information content (AvgIpc) is 2.60. The highest BCUT2D eigenvalue weighted by atomic mass is 32.2. The molecule has 0 N–H and O–H groups in total. The number of methoxy groups -OCH3 is 1. The number of para-hydroxylation sites is 1. The fourth-order valence-electron chi connectivity index (χ4n) is 2.43. The van der Waals surface area contributed by atoms with Gasteiger partial charge in [0.15, 0.2) is 0 Å². The van der Waals surface area contributed by atoms with Crippen LogP contribution in [0.1, 0.15) is 20.7 Å². The van der Waals surface area contributed by atoms with Gasteiger partial charge < -0.3 is 9.64 Å². The number of benzene rings is 2. The van der Waals surface area contributed by atoms with E-state index in [2.05, 4.69) is 0 Å². The largest absolute Gasteiger partial charge is 0.465 e. The van der Waals surface area contributed by atoms with Crippen molar-refractivity contribution in [3.05, 3.63) is 59.7 Å². The third-order valence-electron chi connectivity index (χ3n) is 3.50.